The Morgan fingerprint density at radius 2 is 2.07 bits per heavy atom. The van der Waals surface area contributed by atoms with Crippen molar-refractivity contribution in [1.82, 2.24) is 0 Å². The molecule has 0 aromatic rings. The summed E-state index contributed by atoms with van der Waals surface area (Å²) in [7, 11) is 2.85. The van der Waals surface area contributed by atoms with Crippen LogP contribution in [0.3, 0.4) is 0 Å². The molecule has 5 unspecified atom stereocenters. The van der Waals surface area contributed by atoms with Crippen LogP contribution in [0.25, 0.3) is 0 Å². The summed E-state index contributed by atoms with van der Waals surface area (Å²) in [6.45, 7) is 0. The Bertz CT molecular complexity index is 213. The molecule has 0 saturated heterocycles. The molecule has 88 valence electrons. The zero-order valence-electron chi connectivity index (χ0n) is 8.87. The zero-order chi connectivity index (χ0) is 11.4. The van der Waals surface area contributed by atoms with E-state index in [1.165, 1.54) is 14.2 Å². The van der Waals surface area contributed by atoms with Gasteiger partial charge >= 0.3 is 0 Å². The van der Waals surface area contributed by atoms with E-state index in [4.69, 9.17) is 9.47 Å². The summed E-state index contributed by atoms with van der Waals surface area (Å²) < 4.78 is 9.83. The van der Waals surface area contributed by atoms with Gasteiger partial charge in [0, 0.05) is 20.1 Å². The van der Waals surface area contributed by atoms with E-state index in [9.17, 15) is 15.1 Å². The van der Waals surface area contributed by atoms with E-state index in [0.717, 1.165) is 0 Å². The first-order chi connectivity index (χ1) is 7.13. The number of aliphatic hydroxyl groups excluding tert-OH is 2. The molecule has 1 aliphatic rings. The molecule has 6 heteroatoms. The molecule has 0 aliphatic heterocycles. The maximum absolute atomic E-state index is 10.5. The van der Waals surface area contributed by atoms with Gasteiger partial charge in [-0.05, 0) is 12.8 Å². The van der Waals surface area contributed by atoms with Crippen LogP contribution in [0.15, 0.2) is 5.18 Å². The Hall–Kier alpha value is -0.560. The Morgan fingerprint density at radius 3 is 2.53 bits per heavy atom. The number of methoxy groups -OCH3 is 2. The predicted molar refractivity (Wildman–Crippen MR) is 52.1 cm³/mol. The normalized spacial score (nSPS) is 38.7. The van der Waals surface area contributed by atoms with Crippen LogP contribution in [0.4, 0.5) is 0 Å². The highest BCUT2D eigenvalue weighted by Gasteiger charge is 2.40. The van der Waals surface area contributed by atoms with Gasteiger partial charge in [0.25, 0.3) is 0 Å². The zero-order valence-corrected chi connectivity index (χ0v) is 8.87. The summed E-state index contributed by atoms with van der Waals surface area (Å²) in [5.41, 5.74) is 0. The quantitative estimate of drug-likeness (QED) is 0.508. The van der Waals surface area contributed by atoms with Crippen LogP contribution in [0, 0.1) is 10.8 Å². The Kier molecular flexibility index (Phi) is 4.59. The average Bonchev–Trinajstić information content (AvgIpc) is 2.28. The Balaban J connectivity index is 2.67. The first-order valence-electron chi connectivity index (χ1n) is 4.88. The van der Waals surface area contributed by atoms with Crippen LogP contribution >= 0.6 is 0 Å². The maximum Gasteiger partial charge on any atom is 0.157 e. The van der Waals surface area contributed by atoms with Crippen LogP contribution in [0.5, 0.6) is 0 Å². The summed E-state index contributed by atoms with van der Waals surface area (Å²) in [5, 5.41) is 22.0. The molecular formula is C9H17NO5. The summed E-state index contributed by atoms with van der Waals surface area (Å²) >= 11 is 0. The molecule has 0 aromatic carbocycles. The summed E-state index contributed by atoms with van der Waals surface area (Å²) in [6, 6.07) is -0.738. The van der Waals surface area contributed by atoms with Crippen LogP contribution < -0.4 is 0 Å². The molecule has 1 fully saturated rings. The van der Waals surface area contributed by atoms with Gasteiger partial charge in [-0.1, -0.05) is 5.18 Å². The molecule has 2 N–H and O–H groups in total. The van der Waals surface area contributed by atoms with Crippen LogP contribution in [0.1, 0.15) is 12.8 Å². The van der Waals surface area contributed by atoms with Crippen molar-refractivity contribution in [3.63, 3.8) is 0 Å². The second-order valence-corrected chi connectivity index (χ2v) is 3.80. The van der Waals surface area contributed by atoms with Crippen LogP contribution in [0.2, 0.25) is 0 Å². The fourth-order valence-corrected chi connectivity index (χ4v) is 2.00. The Labute approximate surface area is 88.2 Å². The standard InChI is InChI=1S/C9H17NO5/c1-14-7-4-5(9(12)15-2)3-6(10-13)8(7)11/h5-9,11-12H,3-4H2,1-2H3. The van der Waals surface area contributed by atoms with Crippen molar-refractivity contribution in [3.05, 3.63) is 4.91 Å². The van der Waals surface area contributed by atoms with E-state index in [1.807, 2.05) is 0 Å². The minimum atomic E-state index is -0.945. The molecule has 0 heterocycles. The largest absolute Gasteiger partial charge is 0.388 e. The Morgan fingerprint density at radius 1 is 1.40 bits per heavy atom. The monoisotopic (exact) mass is 219 g/mol. The topological polar surface area (TPSA) is 88.4 Å². The van der Waals surface area contributed by atoms with Crippen LogP contribution in [-0.4, -0.2) is 49.0 Å². The van der Waals surface area contributed by atoms with Crippen molar-refractivity contribution in [2.45, 2.75) is 37.4 Å². The lowest BCUT2D eigenvalue weighted by Crippen LogP contribution is -2.47. The molecule has 5 atom stereocenters. The number of nitrogens with zero attached hydrogens (tertiary/aromatic N) is 1. The van der Waals surface area contributed by atoms with Gasteiger partial charge < -0.3 is 19.7 Å². The number of ether oxygens (including phenoxy) is 2. The number of hydrogen-bond acceptors (Lipinski definition) is 6. The van der Waals surface area contributed by atoms with E-state index in [2.05, 4.69) is 5.18 Å². The summed E-state index contributed by atoms with van der Waals surface area (Å²) in [4.78, 5) is 10.5. The van der Waals surface area contributed by atoms with Gasteiger partial charge in [-0.2, -0.15) is 4.91 Å². The SMILES string of the molecule is COC(O)C1CC(N=O)C(O)C(OC)C1. The minimum Gasteiger partial charge on any atom is -0.388 e. The second-order valence-electron chi connectivity index (χ2n) is 3.80. The lowest BCUT2D eigenvalue weighted by atomic mass is 9.81. The van der Waals surface area contributed by atoms with Gasteiger partial charge in [0.2, 0.25) is 0 Å². The van der Waals surface area contributed by atoms with Gasteiger partial charge in [0.05, 0.1) is 6.10 Å². The van der Waals surface area contributed by atoms with Crippen molar-refractivity contribution in [2.24, 2.45) is 11.1 Å². The van der Waals surface area contributed by atoms with E-state index in [0.29, 0.717) is 12.8 Å². The average molecular weight is 219 g/mol. The third-order valence-electron chi connectivity index (χ3n) is 2.94. The summed E-state index contributed by atoms with van der Waals surface area (Å²) in [5.74, 6) is -0.231. The highest BCUT2D eigenvalue weighted by molar-refractivity contribution is 4.91. The van der Waals surface area contributed by atoms with Crippen molar-refractivity contribution in [3.8, 4) is 0 Å². The highest BCUT2D eigenvalue weighted by Crippen LogP contribution is 2.31. The van der Waals surface area contributed by atoms with Crippen molar-refractivity contribution >= 4 is 0 Å². The lowest BCUT2D eigenvalue weighted by Gasteiger charge is -2.36. The van der Waals surface area contributed by atoms with Crippen molar-refractivity contribution < 1.29 is 19.7 Å². The third-order valence-corrected chi connectivity index (χ3v) is 2.94. The fraction of sp³-hybridized carbons (Fsp3) is 1.00. The van der Waals surface area contributed by atoms with Crippen molar-refractivity contribution in [1.29, 1.82) is 0 Å². The summed E-state index contributed by atoms with van der Waals surface area (Å²) in [6.07, 6.45) is -1.54. The minimum absolute atomic E-state index is 0.231. The lowest BCUT2D eigenvalue weighted by molar-refractivity contribution is -0.151. The second kappa shape index (κ2) is 5.50. The van der Waals surface area contributed by atoms with Crippen LogP contribution in [-0.2, 0) is 9.47 Å². The van der Waals surface area contributed by atoms with Gasteiger partial charge in [-0.25, -0.2) is 0 Å². The molecule has 0 spiro atoms. The number of nitroso groups, excluding NO2 is 1. The molecule has 1 saturated carbocycles. The van der Waals surface area contributed by atoms with E-state index in [-0.39, 0.29) is 5.92 Å². The smallest absolute Gasteiger partial charge is 0.157 e. The van der Waals surface area contributed by atoms with Gasteiger partial charge in [-0.15, -0.1) is 0 Å². The van der Waals surface area contributed by atoms with E-state index in [1.54, 1.807) is 0 Å². The van der Waals surface area contributed by atoms with Gasteiger partial charge in [-0.3, -0.25) is 0 Å². The molecule has 0 radical (unpaired) electrons. The number of aliphatic hydroxyl groups is 2. The van der Waals surface area contributed by atoms with E-state index >= 15 is 0 Å². The number of rotatable bonds is 4. The molecule has 0 amide bonds. The van der Waals surface area contributed by atoms with E-state index < -0.39 is 24.5 Å². The predicted octanol–water partition coefficient (Wildman–Crippen LogP) is -0.128. The molecule has 0 aromatic heterocycles. The molecular weight excluding hydrogens is 202 g/mol. The molecule has 0 bridgehead atoms. The van der Waals surface area contributed by atoms with Gasteiger partial charge in [0.15, 0.2) is 6.29 Å². The molecule has 6 nitrogen and oxygen atoms in total. The number of hydrogen-bond donors (Lipinski definition) is 2. The molecule has 1 aliphatic carbocycles. The maximum atomic E-state index is 10.5. The third kappa shape index (κ3) is 2.72. The first kappa shape index (κ1) is 12.5. The first-order valence-corrected chi connectivity index (χ1v) is 4.88. The molecule has 15 heavy (non-hydrogen) atoms. The fourth-order valence-electron chi connectivity index (χ4n) is 2.00. The van der Waals surface area contributed by atoms with Crippen molar-refractivity contribution in [2.75, 3.05) is 14.2 Å². The van der Waals surface area contributed by atoms with Gasteiger partial charge in [0.1, 0.15) is 12.1 Å². The molecule has 1 rings (SSSR count). The highest BCUT2D eigenvalue weighted by atomic mass is 16.6.